The summed E-state index contributed by atoms with van der Waals surface area (Å²) in [5, 5.41) is 2.89. The Morgan fingerprint density at radius 1 is 0.892 bits per heavy atom. The second-order valence-corrected chi connectivity index (χ2v) is 11.7. The molecule has 3 aromatic carbocycles. The van der Waals surface area contributed by atoms with Crippen molar-refractivity contribution in [1.82, 2.24) is 10.2 Å². The van der Waals surface area contributed by atoms with Gasteiger partial charge in [-0.3, -0.25) is 13.9 Å². The first kappa shape index (κ1) is 28.4. The molecule has 1 N–H and O–H groups in total. The number of rotatable bonds is 11. The van der Waals surface area contributed by atoms with Crippen molar-refractivity contribution in [1.29, 1.82) is 0 Å². The Morgan fingerprint density at radius 2 is 1.46 bits per heavy atom. The molecule has 7 nitrogen and oxygen atoms in total. The van der Waals surface area contributed by atoms with Crippen LogP contribution < -0.4 is 9.62 Å². The van der Waals surface area contributed by atoms with Gasteiger partial charge in [0.1, 0.15) is 12.6 Å². The van der Waals surface area contributed by atoms with Gasteiger partial charge in [-0.2, -0.15) is 0 Å². The number of carbonyl (C=O) groups is 2. The first-order valence-corrected chi connectivity index (χ1v) is 14.3. The zero-order valence-corrected chi connectivity index (χ0v) is 23.6. The quantitative estimate of drug-likeness (QED) is 0.344. The summed E-state index contributed by atoms with van der Waals surface area (Å²) in [6, 6.07) is 23.2. The Morgan fingerprint density at radius 3 is 2.00 bits per heavy atom. The van der Waals surface area contributed by atoms with Gasteiger partial charge in [-0.25, -0.2) is 8.42 Å². The summed E-state index contributed by atoms with van der Waals surface area (Å²) in [6.45, 7) is 5.26. The molecule has 0 bridgehead atoms. The number of anilines is 1. The van der Waals surface area contributed by atoms with Crippen LogP contribution in [0.25, 0.3) is 0 Å². The fourth-order valence-corrected chi connectivity index (χ4v) is 5.64. The molecule has 3 aromatic rings. The molecular weight excluding hydrogens is 554 g/mol. The summed E-state index contributed by atoms with van der Waals surface area (Å²) in [6.07, 6.45) is 0.376. The van der Waals surface area contributed by atoms with Gasteiger partial charge in [0.15, 0.2) is 0 Å². The van der Waals surface area contributed by atoms with Crippen LogP contribution in [0.15, 0.2) is 94.3 Å². The standard InChI is InChI=1S/C28H32BrN3O4S/c1-4-26(28(34)30-21(2)3)31(19-22-11-7-5-8-12-22)27(33)20-32(24-17-15-23(29)16-18-24)37(35,36)25-13-9-6-10-14-25/h5-18,21,26H,4,19-20H2,1-3H3,(H,30,34). The van der Waals surface area contributed by atoms with Gasteiger partial charge >= 0.3 is 0 Å². The van der Waals surface area contributed by atoms with Gasteiger partial charge in [0, 0.05) is 17.1 Å². The third kappa shape index (κ3) is 7.42. The zero-order chi connectivity index (χ0) is 27.0. The molecule has 0 aliphatic heterocycles. The van der Waals surface area contributed by atoms with Crippen molar-refractivity contribution in [2.75, 3.05) is 10.8 Å². The Hall–Kier alpha value is -3.17. The highest BCUT2D eigenvalue weighted by atomic mass is 79.9. The number of hydrogen-bond donors (Lipinski definition) is 1. The molecule has 0 aliphatic rings. The van der Waals surface area contributed by atoms with E-state index in [1.54, 1.807) is 42.5 Å². The molecule has 0 fully saturated rings. The van der Waals surface area contributed by atoms with Crippen molar-refractivity contribution in [3.63, 3.8) is 0 Å². The van der Waals surface area contributed by atoms with E-state index in [2.05, 4.69) is 21.2 Å². The van der Waals surface area contributed by atoms with E-state index in [0.29, 0.717) is 12.1 Å². The molecule has 1 atom stereocenters. The summed E-state index contributed by atoms with van der Waals surface area (Å²) >= 11 is 3.38. The van der Waals surface area contributed by atoms with E-state index in [1.165, 1.54) is 17.0 Å². The van der Waals surface area contributed by atoms with Gasteiger partial charge in [-0.15, -0.1) is 0 Å². The number of benzene rings is 3. The minimum absolute atomic E-state index is 0.0740. The van der Waals surface area contributed by atoms with Gasteiger partial charge in [-0.1, -0.05) is 71.4 Å². The van der Waals surface area contributed by atoms with Crippen molar-refractivity contribution < 1.29 is 18.0 Å². The molecule has 0 saturated carbocycles. The highest BCUT2D eigenvalue weighted by Gasteiger charge is 2.33. The number of amides is 2. The summed E-state index contributed by atoms with van der Waals surface area (Å²) < 4.78 is 29.3. The Balaban J connectivity index is 2.03. The molecule has 0 radical (unpaired) electrons. The van der Waals surface area contributed by atoms with E-state index in [1.807, 2.05) is 51.1 Å². The first-order valence-electron chi connectivity index (χ1n) is 12.1. The monoisotopic (exact) mass is 585 g/mol. The van der Waals surface area contributed by atoms with Crippen LogP contribution in [0.2, 0.25) is 0 Å². The van der Waals surface area contributed by atoms with Gasteiger partial charge in [0.25, 0.3) is 10.0 Å². The zero-order valence-electron chi connectivity index (χ0n) is 21.2. The molecule has 0 heterocycles. The minimum Gasteiger partial charge on any atom is -0.352 e. The average Bonchev–Trinajstić information content (AvgIpc) is 2.88. The molecule has 0 aliphatic carbocycles. The fraction of sp³-hybridized carbons (Fsp3) is 0.286. The van der Waals surface area contributed by atoms with E-state index < -0.39 is 28.5 Å². The number of carbonyl (C=O) groups excluding carboxylic acids is 2. The number of hydrogen-bond acceptors (Lipinski definition) is 4. The van der Waals surface area contributed by atoms with E-state index >= 15 is 0 Å². The lowest BCUT2D eigenvalue weighted by Crippen LogP contribution is -2.53. The third-order valence-electron chi connectivity index (χ3n) is 5.74. The SMILES string of the molecule is CCC(C(=O)NC(C)C)N(Cc1ccccc1)C(=O)CN(c1ccc(Br)cc1)S(=O)(=O)c1ccccc1. The second kappa shape index (κ2) is 12.9. The van der Waals surface area contributed by atoms with Crippen LogP contribution in [-0.2, 0) is 26.2 Å². The number of nitrogens with zero attached hydrogens (tertiary/aromatic N) is 2. The molecule has 2 amide bonds. The molecular formula is C28H32BrN3O4S. The van der Waals surface area contributed by atoms with Crippen molar-refractivity contribution in [2.45, 2.75) is 50.7 Å². The third-order valence-corrected chi connectivity index (χ3v) is 8.05. The van der Waals surface area contributed by atoms with Crippen molar-refractivity contribution in [2.24, 2.45) is 0 Å². The van der Waals surface area contributed by atoms with Gasteiger partial charge in [-0.05, 0) is 62.2 Å². The summed E-state index contributed by atoms with van der Waals surface area (Å²) in [5.74, 6) is -0.750. The average molecular weight is 587 g/mol. The van der Waals surface area contributed by atoms with E-state index in [-0.39, 0.29) is 23.4 Å². The molecule has 3 rings (SSSR count). The fourth-order valence-electron chi connectivity index (χ4n) is 3.94. The van der Waals surface area contributed by atoms with Crippen molar-refractivity contribution in [3.8, 4) is 0 Å². The predicted octanol–water partition coefficient (Wildman–Crippen LogP) is 4.98. The van der Waals surface area contributed by atoms with Crippen molar-refractivity contribution >= 4 is 43.5 Å². The van der Waals surface area contributed by atoms with Crippen molar-refractivity contribution in [3.05, 3.63) is 95.0 Å². The van der Waals surface area contributed by atoms with Gasteiger partial charge in [0.05, 0.1) is 10.6 Å². The maximum absolute atomic E-state index is 13.9. The maximum atomic E-state index is 13.9. The lowest BCUT2D eigenvalue weighted by atomic mass is 10.1. The van der Waals surface area contributed by atoms with E-state index in [0.717, 1.165) is 14.3 Å². The molecule has 0 saturated heterocycles. The lowest BCUT2D eigenvalue weighted by molar-refractivity contribution is -0.140. The summed E-state index contributed by atoms with van der Waals surface area (Å²) in [5.41, 5.74) is 1.19. The number of nitrogens with one attached hydrogen (secondary N) is 1. The highest BCUT2D eigenvalue weighted by molar-refractivity contribution is 9.10. The van der Waals surface area contributed by atoms with Gasteiger partial charge in [0.2, 0.25) is 11.8 Å². The normalized spacial score (nSPS) is 12.1. The summed E-state index contributed by atoms with van der Waals surface area (Å²) in [4.78, 5) is 28.5. The predicted molar refractivity (Wildman–Crippen MR) is 149 cm³/mol. The summed E-state index contributed by atoms with van der Waals surface area (Å²) in [7, 11) is -4.07. The molecule has 1 unspecified atom stereocenters. The van der Waals surface area contributed by atoms with E-state index in [4.69, 9.17) is 0 Å². The topological polar surface area (TPSA) is 86.8 Å². The first-order chi connectivity index (χ1) is 17.6. The molecule has 0 spiro atoms. The Bertz CT molecular complexity index is 1280. The van der Waals surface area contributed by atoms with E-state index in [9.17, 15) is 18.0 Å². The maximum Gasteiger partial charge on any atom is 0.264 e. The smallest absolute Gasteiger partial charge is 0.264 e. The number of sulfonamides is 1. The molecule has 9 heteroatoms. The van der Waals surface area contributed by atoms with Crippen LogP contribution >= 0.6 is 15.9 Å². The molecule has 0 aromatic heterocycles. The highest BCUT2D eigenvalue weighted by Crippen LogP contribution is 2.26. The van der Waals surface area contributed by atoms with Crippen LogP contribution in [0.5, 0.6) is 0 Å². The minimum atomic E-state index is -4.07. The lowest BCUT2D eigenvalue weighted by Gasteiger charge is -2.33. The van der Waals surface area contributed by atoms with Crippen LogP contribution in [0.4, 0.5) is 5.69 Å². The van der Waals surface area contributed by atoms with Crippen LogP contribution in [-0.4, -0.2) is 43.8 Å². The molecule has 37 heavy (non-hydrogen) atoms. The molecule has 196 valence electrons. The second-order valence-electron chi connectivity index (χ2n) is 8.90. The van der Waals surface area contributed by atoms with Crippen LogP contribution in [0.1, 0.15) is 32.8 Å². The number of halogens is 1. The van der Waals surface area contributed by atoms with Gasteiger partial charge < -0.3 is 10.2 Å². The van der Waals surface area contributed by atoms with Crippen LogP contribution in [0, 0.1) is 0 Å². The van der Waals surface area contributed by atoms with Crippen LogP contribution in [0.3, 0.4) is 0 Å². The largest absolute Gasteiger partial charge is 0.352 e. The Labute approximate surface area is 227 Å². The Kier molecular flexibility index (Phi) is 9.88.